The van der Waals surface area contributed by atoms with Crippen LogP contribution >= 0.6 is 0 Å². The van der Waals surface area contributed by atoms with Gasteiger partial charge in [0, 0.05) is 32.4 Å². The monoisotopic (exact) mass is 231 g/mol. The molecule has 0 radical (unpaired) electrons. The summed E-state index contributed by atoms with van der Waals surface area (Å²) in [6, 6.07) is 2.01. The molecule has 2 N–H and O–H groups in total. The van der Waals surface area contributed by atoms with E-state index in [1.807, 2.05) is 12.3 Å². The minimum absolute atomic E-state index is 0.829. The molecule has 2 aromatic heterocycles. The fraction of sp³-hybridized carbons (Fsp3) is 0.500. The molecule has 3 rings (SSSR count). The molecule has 2 aromatic rings. The lowest BCUT2D eigenvalue weighted by molar-refractivity contribution is 0.229. The summed E-state index contributed by atoms with van der Waals surface area (Å²) >= 11 is 0. The van der Waals surface area contributed by atoms with Crippen molar-refractivity contribution in [3.05, 3.63) is 23.7 Å². The highest BCUT2D eigenvalue weighted by Gasteiger charge is 2.12. The highest BCUT2D eigenvalue weighted by Crippen LogP contribution is 2.14. The van der Waals surface area contributed by atoms with Gasteiger partial charge >= 0.3 is 0 Å². The molecule has 0 amide bonds. The maximum atomic E-state index is 4.54. The molecule has 0 unspecified atom stereocenters. The molecule has 0 atom stereocenters. The summed E-state index contributed by atoms with van der Waals surface area (Å²) in [6.45, 7) is 7.27. The first-order valence-corrected chi connectivity index (χ1v) is 6.06. The number of nitrogens with zero attached hydrogens (tertiary/aromatic N) is 3. The van der Waals surface area contributed by atoms with Gasteiger partial charge in [-0.15, -0.1) is 0 Å². The molecule has 1 fully saturated rings. The largest absolute Gasteiger partial charge is 0.339 e. The van der Waals surface area contributed by atoms with E-state index in [9.17, 15) is 0 Å². The van der Waals surface area contributed by atoms with Crippen LogP contribution in [0.5, 0.6) is 0 Å². The Hall–Kier alpha value is -1.46. The highest BCUT2D eigenvalue weighted by atomic mass is 15.2. The van der Waals surface area contributed by atoms with Crippen molar-refractivity contribution in [3.8, 4) is 0 Å². The van der Waals surface area contributed by atoms with E-state index in [4.69, 9.17) is 0 Å². The second-order valence-electron chi connectivity index (χ2n) is 4.54. The molecule has 0 saturated carbocycles. The van der Waals surface area contributed by atoms with Crippen molar-refractivity contribution in [3.63, 3.8) is 0 Å². The third-order valence-corrected chi connectivity index (χ3v) is 3.23. The number of imidazole rings is 1. The Morgan fingerprint density at radius 1 is 1.35 bits per heavy atom. The zero-order chi connectivity index (χ0) is 11.7. The zero-order valence-corrected chi connectivity index (χ0v) is 10.0. The van der Waals surface area contributed by atoms with Gasteiger partial charge in [-0.05, 0) is 18.6 Å². The molecule has 90 valence electrons. The molecule has 1 saturated heterocycles. The van der Waals surface area contributed by atoms with Crippen molar-refractivity contribution in [1.82, 2.24) is 25.2 Å². The van der Waals surface area contributed by atoms with Gasteiger partial charge in [0.1, 0.15) is 5.82 Å². The van der Waals surface area contributed by atoms with E-state index in [-0.39, 0.29) is 0 Å². The third kappa shape index (κ3) is 2.16. The summed E-state index contributed by atoms with van der Waals surface area (Å²) in [4.78, 5) is 14.6. The van der Waals surface area contributed by atoms with Gasteiger partial charge in [0.15, 0.2) is 5.65 Å². The fourth-order valence-corrected chi connectivity index (χ4v) is 2.24. The second-order valence-corrected chi connectivity index (χ2v) is 4.54. The Balaban J connectivity index is 1.83. The summed E-state index contributed by atoms with van der Waals surface area (Å²) < 4.78 is 0. The average Bonchev–Trinajstić information content (AvgIpc) is 2.74. The molecule has 0 aliphatic carbocycles. The molecule has 0 aromatic carbocycles. The van der Waals surface area contributed by atoms with Crippen LogP contribution < -0.4 is 5.32 Å². The second kappa shape index (κ2) is 4.43. The van der Waals surface area contributed by atoms with E-state index in [2.05, 4.69) is 32.1 Å². The SMILES string of the molecule is Cc1ccnc2nc(CN3CCNCC3)[nH]c12. The van der Waals surface area contributed by atoms with Crippen LogP contribution in [0.2, 0.25) is 0 Å². The molecule has 1 aliphatic heterocycles. The molecule has 17 heavy (non-hydrogen) atoms. The third-order valence-electron chi connectivity index (χ3n) is 3.23. The maximum Gasteiger partial charge on any atom is 0.178 e. The van der Waals surface area contributed by atoms with Gasteiger partial charge in [-0.1, -0.05) is 0 Å². The van der Waals surface area contributed by atoms with Crippen LogP contribution in [0.15, 0.2) is 12.3 Å². The van der Waals surface area contributed by atoms with Crippen molar-refractivity contribution in [2.24, 2.45) is 0 Å². The van der Waals surface area contributed by atoms with Gasteiger partial charge in [-0.3, -0.25) is 4.90 Å². The molecule has 0 spiro atoms. The lowest BCUT2D eigenvalue weighted by Gasteiger charge is -2.26. The number of nitrogens with one attached hydrogen (secondary N) is 2. The number of hydrogen-bond acceptors (Lipinski definition) is 4. The summed E-state index contributed by atoms with van der Waals surface area (Å²) in [5.41, 5.74) is 3.10. The van der Waals surface area contributed by atoms with Crippen LogP contribution in [0.25, 0.3) is 11.2 Å². The van der Waals surface area contributed by atoms with E-state index in [1.165, 1.54) is 5.56 Å². The Kier molecular flexibility index (Phi) is 2.78. The lowest BCUT2D eigenvalue weighted by atomic mass is 10.3. The van der Waals surface area contributed by atoms with Gasteiger partial charge in [0.2, 0.25) is 0 Å². The number of rotatable bonds is 2. The van der Waals surface area contributed by atoms with E-state index < -0.39 is 0 Å². The van der Waals surface area contributed by atoms with E-state index in [0.717, 1.165) is 49.7 Å². The molecule has 0 bridgehead atoms. The molecule has 5 heteroatoms. The highest BCUT2D eigenvalue weighted by molar-refractivity contribution is 5.74. The van der Waals surface area contributed by atoms with Gasteiger partial charge in [0.05, 0.1) is 12.1 Å². The Morgan fingerprint density at radius 2 is 2.18 bits per heavy atom. The van der Waals surface area contributed by atoms with Crippen LogP contribution in [0.4, 0.5) is 0 Å². The topological polar surface area (TPSA) is 56.8 Å². The summed E-state index contributed by atoms with van der Waals surface area (Å²) in [5, 5.41) is 3.35. The molecule has 1 aliphatic rings. The van der Waals surface area contributed by atoms with Crippen LogP contribution in [0.1, 0.15) is 11.4 Å². The number of pyridine rings is 1. The van der Waals surface area contributed by atoms with E-state index in [1.54, 1.807) is 0 Å². The summed E-state index contributed by atoms with van der Waals surface area (Å²) in [6.07, 6.45) is 1.81. The van der Waals surface area contributed by atoms with Crippen molar-refractivity contribution < 1.29 is 0 Å². The first-order valence-electron chi connectivity index (χ1n) is 6.06. The summed E-state index contributed by atoms with van der Waals surface area (Å²) in [7, 11) is 0. The predicted octanol–water partition coefficient (Wildman–Crippen LogP) is 0.672. The molecule has 3 heterocycles. The molecule has 5 nitrogen and oxygen atoms in total. The molecular formula is C12H17N5. The number of H-pyrrole nitrogens is 1. The maximum absolute atomic E-state index is 4.54. The lowest BCUT2D eigenvalue weighted by Crippen LogP contribution is -2.43. The number of aromatic amines is 1. The first-order chi connectivity index (χ1) is 8.33. The molecular weight excluding hydrogens is 214 g/mol. The van der Waals surface area contributed by atoms with Gasteiger partial charge in [0.25, 0.3) is 0 Å². The Bertz CT molecular complexity index is 513. The van der Waals surface area contributed by atoms with Crippen molar-refractivity contribution in [2.75, 3.05) is 26.2 Å². The van der Waals surface area contributed by atoms with Gasteiger partial charge < -0.3 is 10.3 Å². The van der Waals surface area contributed by atoms with Crippen LogP contribution in [0, 0.1) is 6.92 Å². The number of aromatic nitrogens is 3. The minimum atomic E-state index is 0.829. The van der Waals surface area contributed by atoms with Gasteiger partial charge in [-0.25, -0.2) is 9.97 Å². The number of aryl methyl sites for hydroxylation is 1. The van der Waals surface area contributed by atoms with Crippen molar-refractivity contribution in [1.29, 1.82) is 0 Å². The van der Waals surface area contributed by atoms with E-state index in [0.29, 0.717) is 0 Å². The average molecular weight is 231 g/mol. The first kappa shape index (κ1) is 10.7. The number of piperazine rings is 1. The van der Waals surface area contributed by atoms with Crippen LogP contribution in [-0.4, -0.2) is 46.0 Å². The predicted molar refractivity (Wildman–Crippen MR) is 66.8 cm³/mol. The standard InChI is InChI=1S/C12H17N5/c1-9-2-3-14-12-11(9)15-10(16-12)8-17-6-4-13-5-7-17/h2-3,13H,4-8H2,1H3,(H,14,15,16). The van der Waals surface area contributed by atoms with Crippen molar-refractivity contribution >= 4 is 11.2 Å². The van der Waals surface area contributed by atoms with E-state index >= 15 is 0 Å². The quantitative estimate of drug-likeness (QED) is 0.797. The zero-order valence-electron chi connectivity index (χ0n) is 10.0. The number of hydrogen-bond donors (Lipinski definition) is 2. The van der Waals surface area contributed by atoms with Crippen LogP contribution in [0.3, 0.4) is 0 Å². The summed E-state index contributed by atoms with van der Waals surface area (Å²) in [5.74, 6) is 1.02. The minimum Gasteiger partial charge on any atom is -0.339 e. The van der Waals surface area contributed by atoms with Crippen LogP contribution in [-0.2, 0) is 6.54 Å². The Labute approximate surface area is 100 Å². The Morgan fingerprint density at radius 3 is 2.94 bits per heavy atom. The normalized spacial score (nSPS) is 17.7. The van der Waals surface area contributed by atoms with Crippen molar-refractivity contribution in [2.45, 2.75) is 13.5 Å². The van der Waals surface area contributed by atoms with Gasteiger partial charge in [-0.2, -0.15) is 0 Å². The number of fused-ring (bicyclic) bond motifs is 1. The smallest absolute Gasteiger partial charge is 0.178 e. The fourth-order valence-electron chi connectivity index (χ4n) is 2.24.